The van der Waals surface area contributed by atoms with Gasteiger partial charge < -0.3 is 21.7 Å². The lowest BCUT2D eigenvalue weighted by atomic mass is 10.1. The second-order valence-corrected chi connectivity index (χ2v) is 5.47. The van der Waals surface area contributed by atoms with Gasteiger partial charge in [0.2, 0.25) is 5.91 Å². The zero-order chi connectivity index (χ0) is 15.4. The maximum atomic E-state index is 12.3. The van der Waals surface area contributed by atoms with Gasteiger partial charge in [-0.3, -0.25) is 9.59 Å². The first-order chi connectivity index (χ1) is 9.97. The van der Waals surface area contributed by atoms with E-state index in [-0.39, 0.29) is 11.8 Å². The molecule has 2 rings (SSSR count). The van der Waals surface area contributed by atoms with E-state index in [2.05, 4.69) is 5.32 Å². The van der Waals surface area contributed by atoms with E-state index >= 15 is 0 Å². The normalized spacial score (nSPS) is 16.3. The molecule has 1 fully saturated rings. The quantitative estimate of drug-likeness (QED) is 0.722. The summed E-state index contributed by atoms with van der Waals surface area (Å²) in [6, 6.07) is 4.12. The van der Waals surface area contributed by atoms with Crippen molar-refractivity contribution >= 4 is 23.2 Å². The van der Waals surface area contributed by atoms with Gasteiger partial charge in [-0.15, -0.1) is 0 Å². The van der Waals surface area contributed by atoms with E-state index < -0.39 is 6.04 Å². The second kappa shape index (κ2) is 6.47. The summed E-state index contributed by atoms with van der Waals surface area (Å²) >= 11 is 0. The van der Waals surface area contributed by atoms with Gasteiger partial charge in [0.15, 0.2) is 0 Å². The molecule has 2 amide bonds. The van der Waals surface area contributed by atoms with Crippen LogP contribution in [0.25, 0.3) is 0 Å². The number of amides is 2. The number of carbonyl (C=O) groups excluding carboxylic acids is 2. The Hall–Kier alpha value is -2.24. The lowest BCUT2D eigenvalue weighted by molar-refractivity contribution is -0.133. The Morgan fingerprint density at radius 1 is 1.10 bits per heavy atom. The van der Waals surface area contributed by atoms with E-state index in [1.54, 1.807) is 25.1 Å². The van der Waals surface area contributed by atoms with Gasteiger partial charge in [0, 0.05) is 30.0 Å². The average molecular weight is 290 g/mol. The number of nitrogens with one attached hydrogen (secondary N) is 1. The van der Waals surface area contributed by atoms with Crippen molar-refractivity contribution in [3.8, 4) is 0 Å². The minimum Gasteiger partial charge on any atom is -0.399 e. The molecule has 1 aliphatic heterocycles. The molecule has 1 unspecified atom stereocenters. The van der Waals surface area contributed by atoms with E-state index in [4.69, 9.17) is 11.5 Å². The molecule has 1 heterocycles. The van der Waals surface area contributed by atoms with Gasteiger partial charge >= 0.3 is 0 Å². The van der Waals surface area contributed by atoms with Crippen LogP contribution in [0.15, 0.2) is 18.2 Å². The molecule has 1 aromatic carbocycles. The molecule has 1 saturated heterocycles. The van der Waals surface area contributed by atoms with E-state index in [1.165, 1.54) is 0 Å². The number of likely N-dealkylation sites (tertiary alicyclic amines) is 1. The van der Waals surface area contributed by atoms with Crippen molar-refractivity contribution in [2.75, 3.05) is 24.6 Å². The molecule has 1 aliphatic rings. The van der Waals surface area contributed by atoms with Gasteiger partial charge in [-0.1, -0.05) is 0 Å². The van der Waals surface area contributed by atoms with Crippen molar-refractivity contribution in [1.82, 2.24) is 10.2 Å². The van der Waals surface area contributed by atoms with Crippen molar-refractivity contribution in [2.45, 2.75) is 32.2 Å². The third kappa shape index (κ3) is 3.87. The van der Waals surface area contributed by atoms with E-state index in [0.717, 1.165) is 32.4 Å². The van der Waals surface area contributed by atoms with Crippen LogP contribution in [0.5, 0.6) is 0 Å². The van der Waals surface area contributed by atoms with Crippen LogP contribution in [0.3, 0.4) is 0 Å². The molecule has 0 radical (unpaired) electrons. The van der Waals surface area contributed by atoms with E-state index in [0.29, 0.717) is 16.9 Å². The molecule has 6 nitrogen and oxygen atoms in total. The van der Waals surface area contributed by atoms with Crippen molar-refractivity contribution in [1.29, 1.82) is 0 Å². The summed E-state index contributed by atoms with van der Waals surface area (Å²) in [5.41, 5.74) is 12.6. The summed E-state index contributed by atoms with van der Waals surface area (Å²) in [5, 5.41) is 2.71. The highest BCUT2D eigenvalue weighted by Crippen LogP contribution is 2.14. The Kier molecular flexibility index (Phi) is 4.67. The SMILES string of the molecule is CC(NC(=O)c1cc(N)cc(N)c1)C(=O)N1CCCCC1. The monoisotopic (exact) mass is 290 g/mol. The van der Waals surface area contributed by atoms with Gasteiger partial charge in [0.25, 0.3) is 5.91 Å². The number of benzene rings is 1. The zero-order valence-electron chi connectivity index (χ0n) is 12.3. The third-order valence-electron chi connectivity index (χ3n) is 3.63. The number of nitrogens with zero attached hydrogens (tertiary/aromatic N) is 1. The van der Waals surface area contributed by atoms with Crippen LogP contribution in [0.1, 0.15) is 36.5 Å². The summed E-state index contributed by atoms with van der Waals surface area (Å²) < 4.78 is 0. The standard InChI is InChI=1S/C15H22N4O2/c1-10(15(21)19-5-3-2-4-6-19)18-14(20)11-7-12(16)9-13(17)8-11/h7-10H,2-6,16-17H2,1H3,(H,18,20). The molecular weight excluding hydrogens is 268 g/mol. The second-order valence-electron chi connectivity index (χ2n) is 5.47. The Morgan fingerprint density at radius 3 is 2.24 bits per heavy atom. The molecule has 0 aliphatic carbocycles. The van der Waals surface area contributed by atoms with Gasteiger partial charge in [-0.25, -0.2) is 0 Å². The number of piperidine rings is 1. The summed E-state index contributed by atoms with van der Waals surface area (Å²) in [7, 11) is 0. The molecule has 0 aromatic heterocycles. The topological polar surface area (TPSA) is 101 Å². The minimum absolute atomic E-state index is 0.0417. The number of nitrogens with two attached hydrogens (primary N) is 2. The van der Waals surface area contributed by atoms with Gasteiger partial charge in [-0.2, -0.15) is 0 Å². The van der Waals surface area contributed by atoms with Crippen molar-refractivity contribution < 1.29 is 9.59 Å². The molecular formula is C15H22N4O2. The average Bonchev–Trinajstić information content (AvgIpc) is 2.46. The minimum atomic E-state index is -0.557. The van der Waals surface area contributed by atoms with Crippen molar-refractivity contribution in [3.05, 3.63) is 23.8 Å². The maximum absolute atomic E-state index is 12.3. The van der Waals surface area contributed by atoms with Gasteiger partial charge in [0.1, 0.15) is 6.04 Å². The first-order valence-corrected chi connectivity index (χ1v) is 7.23. The molecule has 21 heavy (non-hydrogen) atoms. The van der Waals surface area contributed by atoms with Crippen LogP contribution < -0.4 is 16.8 Å². The lowest BCUT2D eigenvalue weighted by Gasteiger charge is -2.29. The predicted octanol–water partition coefficient (Wildman–Crippen LogP) is 0.982. The Bertz CT molecular complexity index is 518. The van der Waals surface area contributed by atoms with Gasteiger partial charge in [-0.05, 0) is 44.4 Å². The molecule has 114 valence electrons. The predicted molar refractivity (Wildman–Crippen MR) is 82.6 cm³/mol. The highest BCUT2D eigenvalue weighted by atomic mass is 16.2. The van der Waals surface area contributed by atoms with E-state index in [9.17, 15) is 9.59 Å². The first-order valence-electron chi connectivity index (χ1n) is 7.23. The van der Waals surface area contributed by atoms with Gasteiger partial charge in [0.05, 0.1) is 0 Å². The van der Waals surface area contributed by atoms with Crippen LogP contribution in [0.2, 0.25) is 0 Å². The number of carbonyl (C=O) groups is 2. The van der Waals surface area contributed by atoms with Crippen LogP contribution in [-0.2, 0) is 4.79 Å². The fourth-order valence-corrected chi connectivity index (χ4v) is 2.54. The molecule has 5 N–H and O–H groups in total. The summed E-state index contributed by atoms with van der Waals surface area (Å²) in [6.07, 6.45) is 3.21. The summed E-state index contributed by atoms with van der Waals surface area (Å²) in [5.74, 6) is -0.383. The zero-order valence-corrected chi connectivity index (χ0v) is 12.3. The lowest BCUT2D eigenvalue weighted by Crippen LogP contribution is -2.48. The fourth-order valence-electron chi connectivity index (χ4n) is 2.54. The smallest absolute Gasteiger partial charge is 0.252 e. The number of anilines is 2. The highest BCUT2D eigenvalue weighted by Gasteiger charge is 2.23. The largest absolute Gasteiger partial charge is 0.399 e. The van der Waals surface area contributed by atoms with Crippen LogP contribution >= 0.6 is 0 Å². The Labute approximate surface area is 124 Å². The summed E-state index contributed by atoms with van der Waals surface area (Å²) in [6.45, 7) is 3.24. The molecule has 1 atom stereocenters. The molecule has 0 spiro atoms. The molecule has 0 bridgehead atoms. The maximum Gasteiger partial charge on any atom is 0.252 e. The number of hydrogen-bond acceptors (Lipinski definition) is 4. The van der Waals surface area contributed by atoms with Crippen LogP contribution in [-0.4, -0.2) is 35.8 Å². The third-order valence-corrected chi connectivity index (χ3v) is 3.63. The fraction of sp³-hybridized carbons (Fsp3) is 0.467. The Balaban J connectivity index is 1.99. The molecule has 1 aromatic rings. The highest BCUT2D eigenvalue weighted by molar-refractivity contribution is 5.98. The summed E-state index contributed by atoms with van der Waals surface area (Å²) in [4.78, 5) is 26.2. The van der Waals surface area contributed by atoms with E-state index in [1.807, 2.05) is 4.90 Å². The molecule has 0 saturated carbocycles. The van der Waals surface area contributed by atoms with Crippen molar-refractivity contribution in [2.24, 2.45) is 0 Å². The van der Waals surface area contributed by atoms with Crippen molar-refractivity contribution in [3.63, 3.8) is 0 Å². The number of nitrogen functional groups attached to an aromatic ring is 2. The number of hydrogen-bond donors (Lipinski definition) is 3. The number of rotatable bonds is 3. The first kappa shape index (κ1) is 15.2. The Morgan fingerprint density at radius 2 is 1.67 bits per heavy atom. The molecule has 6 heteroatoms. The van der Waals surface area contributed by atoms with Crippen LogP contribution in [0.4, 0.5) is 11.4 Å². The van der Waals surface area contributed by atoms with Crippen LogP contribution in [0, 0.1) is 0 Å².